The maximum atomic E-state index is 11.8. The molecule has 0 spiro atoms. The van der Waals surface area contributed by atoms with Crippen molar-refractivity contribution in [1.82, 2.24) is 10.2 Å². The van der Waals surface area contributed by atoms with Crippen LogP contribution in [0.4, 0.5) is 14.6 Å². The van der Waals surface area contributed by atoms with Crippen molar-refractivity contribution in [2.75, 3.05) is 25.1 Å². The van der Waals surface area contributed by atoms with Crippen LogP contribution in [-0.4, -0.2) is 36.4 Å². The first-order valence-electron chi connectivity index (χ1n) is 5.11. The van der Waals surface area contributed by atoms with Crippen molar-refractivity contribution >= 4 is 17.4 Å². The smallest absolute Gasteiger partial charge is 0.261 e. The first kappa shape index (κ1) is 14.1. The number of nitrogens with one attached hydrogen (secondary N) is 1. The average Bonchev–Trinajstić information content (AvgIpc) is 2.28. The van der Waals surface area contributed by atoms with Crippen molar-refractivity contribution in [2.45, 2.75) is 20.3 Å². The summed E-state index contributed by atoms with van der Waals surface area (Å²) < 4.78 is 28.3. The molecule has 0 atom stereocenters. The van der Waals surface area contributed by atoms with Crippen LogP contribution in [0, 0.1) is 13.8 Å². The maximum Gasteiger partial charge on any atom is 0.261 e. The maximum absolute atomic E-state index is 11.8. The number of hydrogen-bond donors (Lipinski definition) is 1. The molecule has 17 heavy (non-hydrogen) atoms. The lowest BCUT2D eigenvalue weighted by Crippen LogP contribution is -2.15. The molecule has 1 aromatic rings. The van der Waals surface area contributed by atoms with Crippen molar-refractivity contribution in [3.63, 3.8) is 0 Å². The fourth-order valence-electron chi connectivity index (χ4n) is 1.16. The Morgan fingerprint density at radius 1 is 1.29 bits per heavy atom. The number of rotatable bonds is 6. The van der Waals surface area contributed by atoms with E-state index in [0.29, 0.717) is 17.5 Å². The normalized spacial score (nSPS) is 10.9. The van der Waals surface area contributed by atoms with E-state index < -0.39 is 13.0 Å². The van der Waals surface area contributed by atoms with Gasteiger partial charge in [-0.15, -0.1) is 10.2 Å². The van der Waals surface area contributed by atoms with Crippen molar-refractivity contribution < 1.29 is 13.5 Å². The molecule has 1 rings (SSSR count). The second-order valence-electron chi connectivity index (χ2n) is 3.48. The van der Waals surface area contributed by atoms with Gasteiger partial charge < -0.3 is 10.1 Å². The van der Waals surface area contributed by atoms with E-state index in [9.17, 15) is 8.78 Å². The Morgan fingerprint density at radius 2 is 2.00 bits per heavy atom. The Labute approximate surface area is 103 Å². The standard InChI is InChI=1S/C10H14ClF2N3O/c1-6-7(2)10(16-15-9(6)11)14-3-4-17-5-8(12)13/h8H,3-5H2,1-2H3,(H,14,16). The molecule has 7 heteroatoms. The Bertz CT molecular complexity index is 377. The highest BCUT2D eigenvalue weighted by Crippen LogP contribution is 2.20. The van der Waals surface area contributed by atoms with Gasteiger partial charge in [-0.05, 0) is 25.0 Å². The minimum Gasteiger partial charge on any atom is -0.374 e. The Kier molecular flexibility index (Phi) is 5.50. The lowest BCUT2D eigenvalue weighted by atomic mass is 10.2. The predicted molar refractivity (Wildman–Crippen MR) is 61.8 cm³/mol. The Balaban J connectivity index is 2.40. The third-order valence-corrected chi connectivity index (χ3v) is 2.61. The van der Waals surface area contributed by atoms with Gasteiger partial charge in [0.2, 0.25) is 0 Å². The highest BCUT2D eigenvalue weighted by molar-refractivity contribution is 6.30. The molecule has 1 heterocycles. The predicted octanol–water partition coefficient (Wildman–Crippen LogP) is 2.44. The van der Waals surface area contributed by atoms with Crippen molar-refractivity contribution in [3.05, 3.63) is 16.3 Å². The van der Waals surface area contributed by atoms with Crippen molar-refractivity contribution in [3.8, 4) is 0 Å². The van der Waals surface area contributed by atoms with E-state index in [4.69, 9.17) is 16.3 Å². The molecule has 0 aliphatic carbocycles. The summed E-state index contributed by atoms with van der Waals surface area (Å²) in [6.45, 7) is 3.73. The van der Waals surface area contributed by atoms with Crippen LogP contribution in [0.5, 0.6) is 0 Å². The minimum atomic E-state index is -2.44. The van der Waals surface area contributed by atoms with Gasteiger partial charge in [-0.25, -0.2) is 8.78 Å². The summed E-state index contributed by atoms with van der Waals surface area (Å²) in [6.07, 6.45) is -2.44. The number of halogens is 3. The highest BCUT2D eigenvalue weighted by Gasteiger charge is 2.07. The molecule has 0 amide bonds. The number of hydrogen-bond acceptors (Lipinski definition) is 4. The SMILES string of the molecule is Cc1c(Cl)nnc(NCCOCC(F)F)c1C. The second-order valence-corrected chi connectivity index (χ2v) is 3.84. The van der Waals surface area contributed by atoms with Gasteiger partial charge in [0.1, 0.15) is 6.61 Å². The monoisotopic (exact) mass is 265 g/mol. The van der Waals surface area contributed by atoms with Crippen LogP contribution in [0.2, 0.25) is 5.15 Å². The van der Waals surface area contributed by atoms with Gasteiger partial charge in [0.05, 0.1) is 6.61 Å². The van der Waals surface area contributed by atoms with Gasteiger partial charge in [0.15, 0.2) is 11.0 Å². The molecule has 0 radical (unpaired) electrons. The van der Waals surface area contributed by atoms with E-state index in [-0.39, 0.29) is 6.61 Å². The van der Waals surface area contributed by atoms with E-state index in [0.717, 1.165) is 11.1 Å². The molecule has 0 saturated heterocycles. The minimum absolute atomic E-state index is 0.188. The summed E-state index contributed by atoms with van der Waals surface area (Å²) in [7, 11) is 0. The molecule has 0 fully saturated rings. The summed E-state index contributed by atoms with van der Waals surface area (Å²) in [5, 5.41) is 10.9. The summed E-state index contributed by atoms with van der Waals surface area (Å²) in [5.74, 6) is 0.590. The second kappa shape index (κ2) is 6.66. The fraction of sp³-hybridized carbons (Fsp3) is 0.600. The molecule has 0 aliphatic rings. The van der Waals surface area contributed by atoms with Crippen LogP contribution in [0.25, 0.3) is 0 Å². The van der Waals surface area contributed by atoms with E-state index in [2.05, 4.69) is 15.5 Å². The molecule has 0 aliphatic heterocycles. The number of alkyl halides is 2. The molecule has 0 unspecified atom stereocenters. The van der Waals surface area contributed by atoms with Crippen LogP contribution in [0.1, 0.15) is 11.1 Å². The van der Waals surface area contributed by atoms with Crippen LogP contribution in [-0.2, 0) is 4.74 Å². The largest absolute Gasteiger partial charge is 0.374 e. The van der Waals surface area contributed by atoms with Crippen LogP contribution < -0.4 is 5.32 Å². The first-order valence-corrected chi connectivity index (χ1v) is 5.49. The van der Waals surface area contributed by atoms with Crippen LogP contribution in [0.15, 0.2) is 0 Å². The van der Waals surface area contributed by atoms with Gasteiger partial charge >= 0.3 is 0 Å². The van der Waals surface area contributed by atoms with Crippen LogP contribution >= 0.6 is 11.6 Å². The zero-order valence-corrected chi connectivity index (χ0v) is 10.4. The van der Waals surface area contributed by atoms with Crippen LogP contribution in [0.3, 0.4) is 0 Å². The third-order valence-electron chi connectivity index (χ3n) is 2.25. The number of anilines is 1. The zero-order valence-electron chi connectivity index (χ0n) is 9.64. The summed E-state index contributed by atoms with van der Waals surface area (Å²) in [5.41, 5.74) is 1.73. The molecule has 0 aromatic carbocycles. The summed E-state index contributed by atoms with van der Waals surface area (Å²) >= 11 is 5.80. The van der Waals surface area contributed by atoms with E-state index in [1.165, 1.54) is 0 Å². The van der Waals surface area contributed by atoms with Gasteiger partial charge in [0, 0.05) is 6.54 Å². The van der Waals surface area contributed by atoms with Gasteiger partial charge in [-0.3, -0.25) is 0 Å². The van der Waals surface area contributed by atoms with Gasteiger partial charge in [0.25, 0.3) is 6.43 Å². The molecule has 1 aromatic heterocycles. The molecular weight excluding hydrogens is 252 g/mol. The van der Waals surface area contributed by atoms with E-state index in [1.807, 2.05) is 13.8 Å². The molecule has 96 valence electrons. The first-order chi connectivity index (χ1) is 8.02. The Morgan fingerprint density at radius 3 is 2.65 bits per heavy atom. The van der Waals surface area contributed by atoms with E-state index >= 15 is 0 Å². The topological polar surface area (TPSA) is 47.0 Å². The number of nitrogens with zero attached hydrogens (tertiary/aromatic N) is 2. The lowest BCUT2D eigenvalue weighted by molar-refractivity contribution is 0.0214. The molecule has 0 saturated carbocycles. The van der Waals surface area contributed by atoms with Gasteiger partial charge in [-0.2, -0.15) is 0 Å². The molecular formula is C10H14ClF2N3O. The lowest BCUT2D eigenvalue weighted by Gasteiger charge is -2.10. The fourth-order valence-corrected chi connectivity index (χ4v) is 1.34. The molecule has 4 nitrogen and oxygen atoms in total. The van der Waals surface area contributed by atoms with E-state index in [1.54, 1.807) is 0 Å². The summed E-state index contributed by atoms with van der Waals surface area (Å²) in [6, 6.07) is 0. The average molecular weight is 266 g/mol. The summed E-state index contributed by atoms with van der Waals surface area (Å²) in [4.78, 5) is 0. The van der Waals surface area contributed by atoms with Crippen molar-refractivity contribution in [1.29, 1.82) is 0 Å². The number of aromatic nitrogens is 2. The van der Waals surface area contributed by atoms with Crippen molar-refractivity contribution in [2.24, 2.45) is 0 Å². The zero-order chi connectivity index (χ0) is 12.8. The quantitative estimate of drug-likeness (QED) is 0.803. The molecule has 1 N–H and O–H groups in total. The number of ether oxygens (including phenoxy) is 1. The highest BCUT2D eigenvalue weighted by atomic mass is 35.5. The third kappa shape index (κ3) is 4.40. The molecule has 0 bridgehead atoms. The van der Waals surface area contributed by atoms with Gasteiger partial charge in [-0.1, -0.05) is 11.6 Å². The Hall–Kier alpha value is -1.01.